The lowest BCUT2D eigenvalue weighted by Crippen LogP contribution is -2.40. The first-order valence-electron chi connectivity index (χ1n) is 13.6. The molecule has 44 heavy (non-hydrogen) atoms. The SMILES string of the molecule is COc1nn(C(Cc2ccc(Br)cc2)C(=O)Nc2ccc(C(=O)O)cc2)c(=O)c(C(C)(C)C)c1-c1cc(Cl)ccc1C(C)=O. The van der Waals surface area contributed by atoms with E-state index in [-0.39, 0.29) is 29.2 Å². The molecule has 0 aliphatic rings. The molecule has 0 bridgehead atoms. The van der Waals surface area contributed by atoms with E-state index in [9.17, 15) is 24.3 Å². The number of hydrogen-bond acceptors (Lipinski definition) is 6. The van der Waals surface area contributed by atoms with Crippen LogP contribution in [-0.4, -0.2) is 39.7 Å². The third-order valence-electron chi connectivity index (χ3n) is 7.00. The fourth-order valence-electron chi connectivity index (χ4n) is 4.91. The smallest absolute Gasteiger partial charge is 0.335 e. The Hall–Kier alpha value is -4.28. The first-order chi connectivity index (χ1) is 20.7. The van der Waals surface area contributed by atoms with Gasteiger partial charge in [0.05, 0.1) is 18.2 Å². The molecule has 1 heterocycles. The highest BCUT2D eigenvalue weighted by Crippen LogP contribution is 2.39. The minimum absolute atomic E-state index is 0.0405. The topological polar surface area (TPSA) is 128 Å². The first-order valence-corrected chi connectivity index (χ1v) is 14.8. The van der Waals surface area contributed by atoms with Crippen LogP contribution in [0.25, 0.3) is 11.1 Å². The van der Waals surface area contributed by atoms with Crippen LogP contribution < -0.4 is 15.6 Å². The number of ether oxygens (including phenoxy) is 1. The van der Waals surface area contributed by atoms with Gasteiger partial charge in [-0.25, -0.2) is 9.48 Å². The van der Waals surface area contributed by atoms with Crippen LogP contribution in [0.3, 0.4) is 0 Å². The number of Topliss-reactive ketones (excluding diaryl/α,β-unsaturated/α-hetero) is 1. The fraction of sp³-hybridized carbons (Fsp3) is 0.242. The summed E-state index contributed by atoms with van der Waals surface area (Å²) >= 11 is 9.78. The van der Waals surface area contributed by atoms with Crippen LogP contribution in [0.15, 0.2) is 76.0 Å². The molecule has 0 aliphatic carbocycles. The Labute approximate surface area is 268 Å². The summed E-state index contributed by atoms with van der Waals surface area (Å²) in [6.07, 6.45) is 0.0984. The summed E-state index contributed by atoms with van der Waals surface area (Å²) in [5.41, 5.74) is 1.19. The Morgan fingerprint density at radius 2 is 1.68 bits per heavy atom. The van der Waals surface area contributed by atoms with Crippen LogP contribution in [0.1, 0.15) is 65.6 Å². The van der Waals surface area contributed by atoms with Crippen LogP contribution in [0, 0.1) is 0 Å². The van der Waals surface area contributed by atoms with Crippen molar-refractivity contribution < 1.29 is 24.2 Å². The van der Waals surface area contributed by atoms with E-state index in [1.54, 1.807) is 18.2 Å². The number of halogens is 2. The Kier molecular flexibility index (Phi) is 9.75. The molecule has 228 valence electrons. The normalized spacial score (nSPS) is 12.0. The fourth-order valence-corrected chi connectivity index (χ4v) is 5.34. The average molecular weight is 681 g/mol. The van der Waals surface area contributed by atoms with Gasteiger partial charge >= 0.3 is 5.97 Å². The standard InChI is InChI=1S/C33H31BrClN3O6/c1-18(39)24-15-12-22(35)17-25(24)27-28(33(2,3)4)31(41)38(37-30(27)44-5)26(16-19-6-10-21(34)11-7-19)29(40)36-23-13-8-20(9-14-23)32(42)43/h6-15,17,26H,16H2,1-5H3,(H,36,40)(H,42,43). The van der Waals surface area contributed by atoms with Crippen molar-refractivity contribution in [3.63, 3.8) is 0 Å². The number of benzene rings is 3. The summed E-state index contributed by atoms with van der Waals surface area (Å²) in [5, 5.41) is 17.0. The monoisotopic (exact) mass is 679 g/mol. The van der Waals surface area contributed by atoms with Crippen molar-refractivity contribution >= 4 is 50.9 Å². The molecule has 0 saturated carbocycles. The number of hydrogen-bond donors (Lipinski definition) is 2. The van der Waals surface area contributed by atoms with Gasteiger partial charge in [-0.2, -0.15) is 0 Å². The van der Waals surface area contributed by atoms with Crippen molar-refractivity contribution in [1.29, 1.82) is 0 Å². The summed E-state index contributed by atoms with van der Waals surface area (Å²) < 4.78 is 7.70. The van der Waals surface area contributed by atoms with Gasteiger partial charge in [0, 0.05) is 32.7 Å². The van der Waals surface area contributed by atoms with Crippen LogP contribution in [0.5, 0.6) is 5.88 Å². The minimum atomic E-state index is -1.14. The van der Waals surface area contributed by atoms with E-state index in [1.165, 1.54) is 38.3 Å². The maximum atomic E-state index is 14.5. The Morgan fingerprint density at radius 3 is 2.23 bits per heavy atom. The number of carboxylic acids is 1. The average Bonchev–Trinajstić information content (AvgIpc) is 2.96. The molecule has 1 unspecified atom stereocenters. The highest BCUT2D eigenvalue weighted by Gasteiger charge is 2.34. The molecule has 9 nitrogen and oxygen atoms in total. The highest BCUT2D eigenvalue weighted by atomic mass is 79.9. The summed E-state index contributed by atoms with van der Waals surface area (Å²) in [4.78, 5) is 52.3. The number of nitrogens with one attached hydrogen (secondary N) is 1. The molecule has 0 radical (unpaired) electrons. The number of anilines is 1. The largest absolute Gasteiger partial charge is 0.480 e. The third-order valence-corrected chi connectivity index (χ3v) is 7.76. The molecule has 4 aromatic rings. The molecule has 11 heteroatoms. The lowest BCUT2D eigenvalue weighted by Gasteiger charge is -2.27. The molecule has 0 aliphatic heterocycles. The molecule has 1 amide bonds. The molecule has 3 aromatic carbocycles. The van der Waals surface area contributed by atoms with Gasteiger partial charge in [0.1, 0.15) is 6.04 Å². The van der Waals surface area contributed by atoms with Gasteiger partial charge in [0.15, 0.2) is 5.78 Å². The summed E-state index contributed by atoms with van der Waals surface area (Å²) in [6, 6.07) is 16.7. The lowest BCUT2D eigenvalue weighted by atomic mass is 9.81. The van der Waals surface area contributed by atoms with Crippen molar-refractivity contribution in [3.05, 3.63) is 109 Å². The van der Waals surface area contributed by atoms with Crippen LogP contribution >= 0.6 is 27.5 Å². The number of carboxylic acid groups (broad SMARTS) is 1. The van der Waals surface area contributed by atoms with Gasteiger partial charge in [-0.3, -0.25) is 14.4 Å². The summed E-state index contributed by atoms with van der Waals surface area (Å²) in [6.45, 7) is 6.97. The zero-order valence-electron chi connectivity index (χ0n) is 24.8. The van der Waals surface area contributed by atoms with E-state index in [2.05, 4.69) is 26.3 Å². The van der Waals surface area contributed by atoms with Crippen LogP contribution in [-0.2, 0) is 16.6 Å². The van der Waals surface area contributed by atoms with Gasteiger partial charge in [-0.1, -0.05) is 60.4 Å². The summed E-state index contributed by atoms with van der Waals surface area (Å²) in [7, 11) is 1.40. The molecule has 1 aromatic heterocycles. The third kappa shape index (κ3) is 7.09. The van der Waals surface area contributed by atoms with E-state index >= 15 is 0 Å². The van der Waals surface area contributed by atoms with Crippen molar-refractivity contribution in [2.45, 2.75) is 45.6 Å². The highest BCUT2D eigenvalue weighted by molar-refractivity contribution is 9.10. The van der Waals surface area contributed by atoms with Gasteiger partial charge in [0.2, 0.25) is 11.8 Å². The van der Waals surface area contributed by atoms with Crippen molar-refractivity contribution in [2.75, 3.05) is 12.4 Å². The number of carbonyl (C=O) groups is 3. The lowest BCUT2D eigenvalue weighted by molar-refractivity contribution is -0.119. The first kappa shape index (κ1) is 32.6. The van der Waals surface area contributed by atoms with Gasteiger partial charge in [0.25, 0.3) is 5.56 Å². The minimum Gasteiger partial charge on any atom is -0.480 e. The van der Waals surface area contributed by atoms with Crippen molar-refractivity contribution in [1.82, 2.24) is 9.78 Å². The number of methoxy groups -OCH3 is 1. The second-order valence-corrected chi connectivity index (χ2v) is 12.6. The predicted octanol–water partition coefficient (Wildman–Crippen LogP) is 6.96. The second-order valence-electron chi connectivity index (χ2n) is 11.2. The molecule has 0 fully saturated rings. The number of aromatic carboxylic acids is 1. The molecule has 1 atom stereocenters. The number of carbonyl (C=O) groups excluding carboxylic acids is 2. The van der Waals surface area contributed by atoms with Gasteiger partial charge in [-0.15, -0.1) is 5.10 Å². The van der Waals surface area contributed by atoms with Crippen molar-refractivity contribution in [2.24, 2.45) is 0 Å². The van der Waals surface area contributed by atoms with E-state index in [4.69, 9.17) is 16.3 Å². The molecular weight excluding hydrogens is 650 g/mol. The second kappa shape index (κ2) is 13.2. The maximum Gasteiger partial charge on any atom is 0.335 e. The molecule has 0 spiro atoms. The number of rotatable bonds is 9. The Bertz CT molecular complexity index is 1790. The molecule has 0 saturated heterocycles. The van der Waals surface area contributed by atoms with Crippen LogP contribution in [0.4, 0.5) is 5.69 Å². The van der Waals surface area contributed by atoms with Crippen LogP contribution in [0.2, 0.25) is 5.02 Å². The quantitative estimate of drug-likeness (QED) is 0.183. The molecule has 2 N–H and O–H groups in total. The maximum absolute atomic E-state index is 14.5. The zero-order valence-corrected chi connectivity index (χ0v) is 27.1. The predicted molar refractivity (Wildman–Crippen MR) is 173 cm³/mol. The Morgan fingerprint density at radius 1 is 1.05 bits per heavy atom. The number of amides is 1. The van der Waals surface area contributed by atoms with E-state index in [1.807, 2.05) is 45.0 Å². The molecular formula is C33H31BrClN3O6. The van der Waals surface area contributed by atoms with Gasteiger partial charge < -0.3 is 15.2 Å². The van der Waals surface area contributed by atoms with E-state index in [0.717, 1.165) is 14.7 Å². The summed E-state index contributed by atoms with van der Waals surface area (Å²) in [5.74, 6) is -1.84. The number of ketones is 1. The number of aromatic nitrogens is 2. The zero-order chi connectivity index (χ0) is 32.3. The van der Waals surface area contributed by atoms with Crippen molar-refractivity contribution in [3.8, 4) is 17.0 Å². The Balaban J connectivity index is 1.96. The van der Waals surface area contributed by atoms with Gasteiger partial charge in [-0.05, 0) is 78.1 Å². The molecule has 4 rings (SSSR count). The number of nitrogens with zero attached hydrogens (tertiary/aromatic N) is 2. The van der Waals surface area contributed by atoms with E-state index in [0.29, 0.717) is 27.4 Å². The van der Waals surface area contributed by atoms with E-state index < -0.39 is 28.9 Å².